The summed E-state index contributed by atoms with van der Waals surface area (Å²) < 4.78 is 11.9. The van der Waals surface area contributed by atoms with Gasteiger partial charge in [-0.1, -0.05) is 0 Å². The molecule has 5 heteroatoms. The van der Waals surface area contributed by atoms with Crippen molar-refractivity contribution in [3.05, 3.63) is 22.2 Å². The maximum atomic E-state index is 12.0. The highest BCUT2D eigenvalue weighted by molar-refractivity contribution is 9.10. The van der Waals surface area contributed by atoms with Gasteiger partial charge in [-0.2, -0.15) is 0 Å². The molecule has 1 heterocycles. The highest BCUT2D eigenvalue weighted by atomic mass is 79.9. The van der Waals surface area contributed by atoms with E-state index >= 15 is 0 Å². The summed E-state index contributed by atoms with van der Waals surface area (Å²) in [5, 5.41) is 0. The number of benzene rings is 1. The summed E-state index contributed by atoms with van der Waals surface area (Å²) in [6.45, 7) is 1.25. The van der Waals surface area contributed by atoms with Crippen LogP contribution in [0.5, 0.6) is 11.5 Å². The molecule has 0 spiro atoms. The van der Waals surface area contributed by atoms with Gasteiger partial charge in [0.1, 0.15) is 0 Å². The van der Waals surface area contributed by atoms with Crippen LogP contribution in [-0.4, -0.2) is 24.9 Å². The molecule has 0 bridgehead atoms. The van der Waals surface area contributed by atoms with Crippen molar-refractivity contribution in [3.8, 4) is 11.5 Å². The predicted molar refractivity (Wildman–Crippen MR) is 74.0 cm³/mol. The Balaban J connectivity index is 2.26. The number of alkyl halides is 1. The summed E-state index contributed by atoms with van der Waals surface area (Å²) in [5.74, 6) is 1.89. The molecule has 18 heavy (non-hydrogen) atoms. The Labute approximate surface area is 120 Å². The fourth-order valence-electron chi connectivity index (χ4n) is 1.76. The molecule has 1 aromatic carbocycles. The van der Waals surface area contributed by atoms with Crippen LogP contribution < -0.4 is 9.47 Å². The van der Waals surface area contributed by atoms with Gasteiger partial charge in [0.2, 0.25) is 0 Å². The van der Waals surface area contributed by atoms with Crippen LogP contribution in [0.2, 0.25) is 0 Å². The fourth-order valence-corrected chi connectivity index (χ4v) is 2.44. The molecular weight excluding hydrogens is 319 g/mol. The van der Waals surface area contributed by atoms with Gasteiger partial charge < -0.3 is 9.47 Å². The lowest BCUT2D eigenvalue weighted by Gasteiger charge is -2.10. The number of carbonyl (C=O) groups is 1. The fraction of sp³-hybridized carbons (Fsp3) is 0.462. The van der Waals surface area contributed by atoms with Crippen LogP contribution in [0.25, 0.3) is 0 Å². The van der Waals surface area contributed by atoms with E-state index < -0.39 is 0 Å². The molecule has 0 unspecified atom stereocenters. The maximum absolute atomic E-state index is 12.0. The van der Waals surface area contributed by atoms with E-state index in [9.17, 15) is 4.79 Å². The number of halogens is 2. The molecule has 0 saturated heterocycles. The minimum absolute atomic E-state index is 0.0678. The Kier molecular flexibility index (Phi) is 4.89. The summed E-state index contributed by atoms with van der Waals surface area (Å²) in [7, 11) is 0. The standard InChI is InChI=1S/C13H14BrClO3/c14-10-8-13-12(17-5-2-6-18-13)7-9(10)11(16)3-1-4-15/h7-8H,1-6H2. The van der Waals surface area contributed by atoms with Crippen molar-refractivity contribution >= 4 is 33.3 Å². The molecule has 2 rings (SSSR count). The summed E-state index contributed by atoms with van der Waals surface area (Å²) in [5.41, 5.74) is 0.629. The molecular formula is C13H14BrClO3. The van der Waals surface area contributed by atoms with E-state index in [0.29, 0.717) is 49.0 Å². The number of ketones is 1. The van der Waals surface area contributed by atoms with Crippen LogP contribution in [0.15, 0.2) is 16.6 Å². The molecule has 1 aromatic rings. The third-order valence-electron chi connectivity index (χ3n) is 2.68. The number of fused-ring (bicyclic) bond motifs is 1. The van der Waals surface area contributed by atoms with E-state index in [0.717, 1.165) is 10.9 Å². The minimum atomic E-state index is 0.0678. The monoisotopic (exact) mass is 332 g/mol. The zero-order valence-electron chi connectivity index (χ0n) is 9.88. The van der Waals surface area contributed by atoms with Gasteiger partial charge in [0, 0.05) is 28.8 Å². The molecule has 0 fully saturated rings. The Hall–Kier alpha value is -0.740. The van der Waals surface area contributed by atoms with Gasteiger partial charge in [0.15, 0.2) is 17.3 Å². The van der Waals surface area contributed by atoms with Crippen molar-refractivity contribution in [3.63, 3.8) is 0 Å². The van der Waals surface area contributed by atoms with Crippen LogP contribution in [0, 0.1) is 0 Å². The number of carbonyl (C=O) groups excluding carboxylic acids is 1. The van der Waals surface area contributed by atoms with E-state index in [-0.39, 0.29) is 5.78 Å². The second kappa shape index (κ2) is 6.43. The first kappa shape index (κ1) is 13.7. The summed E-state index contributed by atoms with van der Waals surface area (Å²) in [4.78, 5) is 12.0. The lowest BCUT2D eigenvalue weighted by molar-refractivity contribution is 0.0980. The van der Waals surface area contributed by atoms with Crippen LogP contribution in [0.3, 0.4) is 0 Å². The van der Waals surface area contributed by atoms with E-state index in [4.69, 9.17) is 21.1 Å². The Morgan fingerprint density at radius 1 is 1.28 bits per heavy atom. The number of Topliss-reactive ketones (excluding diaryl/α,β-unsaturated/α-hetero) is 1. The lowest BCUT2D eigenvalue weighted by Crippen LogP contribution is -2.02. The normalized spacial score (nSPS) is 14.1. The molecule has 98 valence electrons. The quantitative estimate of drug-likeness (QED) is 0.621. The first-order chi connectivity index (χ1) is 8.72. The number of rotatable bonds is 4. The molecule has 1 aliphatic heterocycles. The predicted octanol–water partition coefficient (Wildman–Crippen LogP) is 3.81. The Morgan fingerprint density at radius 2 is 1.94 bits per heavy atom. The molecule has 0 saturated carbocycles. The van der Waals surface area contributed by atoms with Gasteiger partial charge >= 0.3 is 0 Å². The SMILES string of the molecule is O=C(CCCCl)c1cc2c(cc1Br)OCCCO2. The topological polar surface area (TPSA) is 35.5 Å². The molecule has 3 nitrogen and oxygen atoms in total. The second-order valence-electron chi connectivity index (χ2n) is 4.04. The molecule has 0 N–H and O–H groups in total. The van der Waals surface area contributed by atoms with E-state index in [1.807, 2.05) is 0 Å². The first-order valence-electron chi connectivity index (χ1n) is 5.90. The molecule has 0 atom stereocenters. The molecule has 0 aliphatic carbocycles. The van der Waals surface area contributed by atoms with Crippen LogP contribution >= 0.6 is 27.5 Å². The lowest BCUT2D eigenvalue weighted by atomic mass is 10.1. The van der Waals surface area contributed by atoms with Crippen LogP contribution in [-0.2, 0) is 0 Å². The zero-order chi connectivity index (χ0) is 13.0. The largest absolute Gasteiger partial charge is 0.490 e. The van der Waals surface area contributed by atoms with Gasteiger partial charge in [0.25, 0.3) is 0 Å². The molecule has 0 radical (unpaired) electrons. The van der Waals surface area contributed by atoms with Gasteiger partial charge in [0.05, 0.1) is 13.2 Å². The van der Waals surface area contributed by atoms with Crippen molar-refractivity contribution in [2.75, 3.05) is 19.1 Å². The third-order valence-corrected chi connectivity index (χ3v) is 3.60. The van der Waals surface area contributed by atoms with E-state index in [1.165, 1.54) is 0 Å². The minimum Gasteiger partial charge on any atom is -0.490 e. The van der Waals surface area contributed by atoms with Crippen molar-refractivity contribution in [2.45, 2.75) is 19.3 Å². The van der Waals surface area contributed by atoms with Gasteiger partial charge in [-0.3, -0.25) is 4.79 Å². The average molecular weight is 334 g/mol. The zero-order valence-corrected chi connectivity index (χ0v) is 12.2. The van der Waals surface area contributed by atoms with Gasteiger partial charge in [-0.05, 0) is 34.5 Å². The summed E-state index contributed by atoms with van der Waals surface area (Å²) >= 11 is 9.01. The number of hydrogen-bond acceptors (Lipinski definition) is 3. The number of ether oxygens (including phenoxy) is 2. The van der Waals surface area contributed by atoms with E-state index in [1.54, 1.807) is 12.1 Å². The highest BCUT2D eigenvalue weighted by Gasteiger charge is 2.17. The number of hydrogen-bond donors (Lipinski definition) is 0. The van der Waals surface area contributed by atoms with Crippen molar-refractivity contribution in [1.29, 1.82) is 0 Å². The smallest absolute Gasteiger partial charge is 0.164 e. The van der Waals surface area contributed by atoms with Gasteiger partial charge in [-0.25, -0.2) is 0 Å². The average Bonchev–Trinajstić information content (AvgIpc) is 2.59. The molecule has 1 aliphatic rings. The van der Waals surface area contributed by atoms with E-state index in [2.05, 4.69) is 15.9 Å². The molecule has 0 aromatic heterocycles. The Morgan fingerprint density at radius 3 is 2.61 bits per heavy atom. The van der Waals surface area contributed by atoms with Crippen LogP contribution in [0.4, 0.5) is 0 Å². The first-order valence-corrected chi connectivity index (χ1v) is 7.23. The van der Waals surface area contributed by atoms with Crippen LogP contribution in [0.1, 0.15) is 29.6 Å². The second-order valence-corrected chi connectivity index (χ2v) is 5.28. The van der Waals surface area contributed by atoms with Gasteiger partial charge in [-0.15, -0.1) is 11.6 Å². The highest BCUT2D eigenvalue weighted by Crippen LogP contribution is 2.35. The summed E-state index contributed by atoms with van der Waals surface area (Å²) in [6.07, 6.45) is 1.98. The van der Waals surface area contributed by atoms with Crippen molar-refractivity contribution in [1.82, 2.24) is 0 Å². The van der Waals surface area contributed by atoms with Crippen molar-refractivity contribution in [2.24, 2.45) is 0 Å². The summed E-state index contributed by atoms with van der Waals surface area (Å²) in [6, 6.07) is 3.55. The third kappa shape index (κ3) is 3.18. The molecule has 0 amide bonds. The van der Waals surface area contributed by atoms with Crippen molar-refractivity contribution < 1.29 is 14.3 Å². The Bertz CT molecular complexity index is 448. The maximum Gasteiger partial charge on any atom is 0.164 e.